The third kappa shape index (κ3) is 4.24. The van der Waals surface area contributed by atoms with Crippen LogP contribution in [0.2, 0.25) is 0 Å². The fourth-order valence-corrected chi connectivity index (χ4v) is 8.33. The minimum absolute atomic E-state index is 0.731. The van der Waals surface area contributed by atoms with Crippen LogP contribution in [0, 0.1) is 11.3 Å². The Morgan fingerprint density at radius 3 is 1.72 bits per heavy atom. The van der Waals surface area contributed by atoms with Gasteiger partial charge in [-0.1, -0.05) is 12.1 Å². The van der Waals surface area contributed by atoms with Gasteiger partial charge in [-0.15, -0.1) is 0 Å². The molecule has 0 unspecified atom stereocenters. The van der Waals surface area contributed by atoms with E-state index in [0.717, 1.165) is 12.1 Å². The van der Waals surface area contributed by atoms with E-state index in [0.29, 0.717) is 0 Å². The molecular formula is C14H24N2S2. The standard InChI is InChI=1S/C14H24N2S2/c1-17(2,3)16(18(4,5)6)12-14-9-7-13(11-15)8-10-14/h7-10H,12H2,1-6H3. The van der Waals surface area contributed by atoms with Crippen molar-refractivity contribution in [1.29, 1.82) is 5.26 Å². The molecule has 0 fully saturated rings. The second kappa shape index (κ2) is 5.56. The zero-order valence-electron chi connectivity index (χ0n) is 12.2. The van der Waals surface area contributed by atoms with E-state index in [9.17, 15) is 0 Å². The summed E-state index contributed by atoms with van der Waals surface area (Å²) in [5.41, 5.74) is 2.02. The van der Waals surface area contributed by atoms with Crippen LogP contribution in [0.15, 0.2) is 24.3 Å². The second-order valence-electron chi connectivity index (χ2n) is 5.84. The maximum atomic E-state index is 8.82. The summed E-state index contributed by atoms with van der Waals surface area (Å²) < 4.78 is 2.64. The van der Waals surface area contributed by atoms with Crippen molar-refractivity contribution < 1.29 is 0 Å². The van der Waals surface area contributed by atoms with Gasteiger partial charge in [0.25, 0.3) is 0 Å². The molecule has 0 saturated heterocycles. The highest BCUT2D eigenvalue weighted by Gasteiger charge is 2.25. The van der Waals surface area contributed by atoms with Crippen molar-refractivity contribution in [2.24, 2.45) is 0 Å². The minimum Gasteiger partial charge on any atom is -0.228 e. The summed E-state index contributed by atoms with van der Waals surface area (Å²) in [7, 11) is -1.46. The first kappa shape index (κ1) is 15.4. The minimum atomic E-state index is -0.731. The van der Waals surface area contributed by atoms with Gasteiger partial charge in [-0.05, 0) is 55.2 Å². The monoisotopic (exact) mass is 284 g/mol. The number of nitriles is 1. The number of rotatable bonds is 4. The van der Waals surface area contributed by atoms with Gasteiger partial charge in [0.05, 0.1) is 11.6 Å². The van der Waals surface area contributed by atoms with Gasteiger partial charge in [-0.25, -0.2) is 3.71 Å². The van der Waals surface area contributed by atoms with Gasteiger partial charge in [-0.3, -0.25) is 0 Å². The molecule has 1 aromatic carbocycles. The zero-order chi connectivity index (χ0) is 14.0. The molecule has 0 aliphatic carbocycles. The molecular weight excluding hydrogens is 260 g/mol. The van der Waals surface area contributed by atoms with Crippen LogP contribution in [-0.4, -0.2) is 41.2 Å². The molecule has 0 aromatic heterocycles. The second-order valence-corrected chi connectivity index (χ2v) is 14.0. The van der Waals surface area contributed by atoms with E-state index >= 15 is 0 Å². The van der Waals surface area contributed by atoms with Crippen molar-refractivity contribution in [2.45, 2.75) is 6.54 Å². The highest BCUT2D eigenvalue weighted by molar-refractivity contribution is 8.43. The molecule has 0 saturated carbocycles. The summed E-state index contributed by atoms with van der Waals surface area (Å²) in [5, 5.41) is 8.82. The van der Waals surface area contributed by atoms with Gasteiger partial charge in [0.15, 0.2) is 0 Å². The van der Waals surface area contributed by atoms with Crippen LogP contribution in [-0.2, 0) is 6.54 Å². The Balaban J connectivity index is 2.94. The van der Waals surface area contributed by atoms with E-state index in [1.807, 2.05) is 12.1 Å². The molecule has 0 bridgehead atoms. The summed E-state index contributed by atoms with van der Waals surface area (Å²) in [6.45, 7) is 0.976. The zero-order valence-corrected chi connectivity index (χ0v) is 13.9. The predicted molar refractivity (Wildman–Crippen MR) is 87.4 cm³/mol. The van der Waals surface area contributed by atoms with Crippen LogP contribution in [0.25, 0.3) is 0 Å². The Kier molecular flexibility index (Phi) is 4.77. The average molecular weight is 284 g/mol. The van der Waals surface area contributed by atoms with E-state index in [1.165, 1.54) is 5.56 Å². The lowest BCUT2D eigenvalue weighted by Gasteiger charge is -2.51. The van der Waals surface area contributed by atoms with Crippen LogP contribution < -0.4 is 0 Å². The topological polar surface area (TPSA) is 27.0 Å². The Labute approximate surface area is 115 Å². The Bertz CT molecular complexity index is 419. The molecule has 0 N–H and O–H groups in total. The number of hydrogen-bond donors (Lipinski definition) is 0. The highest BCUT2D eigenvalue weighted by atomic mass is 32.3. The number of benzene rings is 1. The molecule has 1 aromatic rings. The van der Waals surface area contributed by atoms with Crippen LogP contribution in [0.1, 0.15) is 11.1 Å². The molecule has 0 atom stereocenters. The number of hydrogen-bond acceptors (Lipinski definition) is 2. The Morgan fingerprint density at radius 2 is 1.39 bits per heavy atom. The highest BCUT2D eigenvalue weighted by Crippen LogP contribution is 2.57. The fourth-order valence-electron chi connectivity index (χ4n) is 1.89. The van der Waals surface area contributed by atoms with E-state index in [4.69, 9.17) is 5.26 Å². The van der Waals surface area contributed by atoms with Crippen molar-refractivity contribution in [3.8, 4) is 6.07 Å². The first-order chi connectivity index (χ1) is 8.14. The lowest BCUT2D eigenvalue weighted by molar-refractivity contribution is 0.715. The summed E-state index contributed by atoms with van der Waals surface area (Å²) in [4.78, 5) is 0. The van der Waals surface area contributed by atoms with Gasteiger partial charge in [0, 0.05) is 6.54 Å². The Morgan fingerprint density at radius 1 is 0.944 bits per heavy atom. The van der Waals surface area contributed by atoms with Gasteiger partial charge >= 0.3 is 0 Å². The van der Waals surface area contributed by atoms with Crippen LogP contribution >= 0.6 is 20.4 Å². The van der Waals surface area contributed by atoms with Gasteiger partial charge in [0.1, 0.15) is 0 Å². The van der Waals surface area contributed by atoms with Crippen molar-refractivity contribution in [3.05, 3.63) is 35.4 Å². The maximum Gasteiger partial charge on any atom is 0.0991 e. The molecule has 0 aliphatic rings. The van der Waals surface area contributed by atoms with Crippen molar-refractivity contribution in [2.75, 3.05) is 37.5 Å². The molecule has 0 amide bonds. The molecule has 0 spiro atoms. The Hall–Kier alpha value is -0.630. The fraction of sp³-hybridized carbons (Fsp3) is 0.500. The molecule has 0 radical (unpaired) electrons. The summed E-state index contributed by atoms with van der Waals surface area (Å²) in [6, 6.07) is 10.1. The average Bonchev–Trinajstić information content (AvgIpc) is 2.23. The van der Waals surface area contributed by atoms with Crippen molar-refractivity contribution in [3.63, 3.8) is 0 Å². The van der Waals surface area contributed by atoms with Gasteiger partial charge in [0.2, 0.25) is 0 Å². The molecule has 1 rings (SSSR count). The number of nitrogens with zero attached hydrogens (tertiary/aromatic N) is 2. The summed E-state index contributed by atoms with van der Waals surface area (Å²) >= 11 is 0. The van der Waals surface area contributed by atoms with E-state index in [2.05, 4.69) is 59.4 Å². The lowest BCUT2D eigenvalue weighted by atomic mass is 10.1. The maximum absolute atomic E-state index is 8.82. The molecule has 0 aliphatic heterocycles. The molecule has 2 nitrogen and oxygen atoms in total. The van der Waals surface area contributed by atoms with E-state index < -0.39 is 20.4 Å². The first-order valence-electron chi connectivity index (χ1n) is 5.78. The predicted octanol–water partition coefficient (Wildman–Crippen LogP) is 3.58. The smallest absolute Gasteiger partial charge is 0.0991 e. The summed E-state index contributed by atoms with van der Waals surface area (Å²) in [6.07, 6.45) is 14.1. The van der Waals surface area contributed by atoms with E-state index in [1.54, 1.807) is 0 Å². The van der Waals surface area contributed by atoms with E-state index in [-0.39, 0.29) is 0 Å². The largest absolute Gasteiger partial charge is 0.228 e. The van der Waals surface area contributed by atoms with Crippen molar-refractivity contribution >= 4 is 20.4 Å². The molecule has 102 valence electrons. The quantitative estimate of drug-likeness (QED) is 0.845. The van der Waals surface area contributed by atoms with Gasteiger partial charge < -0.3 is 0 Å². The third-order valence-electron chi connectivity index (χ3n) is 2.62. The van der Waals surface area contributed by atoms with Gasteiger partial charge in [-0.2, -0.15) is 25.7 Å². The lowest BCUT2D eigenvalue weighted by Crippen LogP contribution is -2.27. The van der Waals surface area contributed by atoms with Crippen LogP contribution in [0.5, 0.6) is 0 Å². The molecule has 4 heteroatoms. The third-order valence-corrected chi connectivity index (χ3v) is 8.00. The molecule has 18 heavy (non-hydrogen) atoms. The molecule has 0 heterocycles. The summed E-state index contributed by atoms with van der Waals surface area (Å²) in [5.74, 6) is 0. The first-order valence-corrected chi connectivity index (χ1v) is 11.4. The normalized spacial score (nSPS) is 14.3. The van der Waals surface area contributed by atoms with Crippen LogP contribution in [0.3, 0.4) is 0 Å². The van der Waals surface area contributed by atoms with Crippen molar-refractivity contribution in [1.82, 2.24) is 3.71 Å². The van der Waals surface area contributed by atoms with Crippen LogP contribution in [0.4, 0.5) is 0 Å². The SMILES string of the molecule is CS(C)(C)N(Cc1ccc(C#N)cc1)S(C)(C)C.